The second-order valence-corrected chi connectivity index (χ2v) is 15.4. The molecule has 2 aliphatic heterocycles. The molecular weight excluding hydrogens is 653 g/mol. The molecule has 0 saturated heterocycles. The minimum atomic E-state index is -0.101. The highest BCUT2D eigenvalue weighted by Crippen LogP contribution is 2.51. The minimum Gasteiger partial charge on any atom is -0.319 e. The average molecular weight is 694 g/mol. The summed E-state index contributed by atoms with van der Waals surface area (Å²) in [5.41, 5.74) is 18.1. The van der Waals surface area contributed by atoms with Gasteiger partial charge in [-0.05, 0) is 87.6 Å². The summed E-state index contributed by atoms with van der Waals surface area (Å²) in [6.07, 6.45) is 0. The number of hydrogen-bond acceptors (Lipinski definition) is 2. The monoisotopic (exact) mass is 693 g/mol. The second-order valence-electron chi connectivity index (χ2n) is 15.4. The highest BCUT2D eigenvalue weighted by molar-refractivity contribution is 7.00. The van der Waals surface area contributed by atoms with Gasteiger partial charge in [0.25, 0.3) is 6.71 Å². The first-order valence-corrected chi connectivity index (χ1v) is 18.9. The molecule has 0 N–H and O–H groups in total. The Morgan fingerprint density at radius 1 is 0.444 bits per heavy atom. The van der Waals surface area contributed by atoms with Crippen LogP contribution in [0.1, 0.15) is 26.3 Å². The van der Waals surface area contributed by atoms with E-state index in [9.17, 15) is 0 Å². The van der Waals surface area contributed by atoms with Crippen LogP contribution in [0.5, 0.6) is 0 Å². The molecule has 0 unspecified atom stereocenters. The summed E-state index contributed by atoms with van der Waals surface area (Å²) >= 11 is 0. The van der Waals surface area contributed by atoms with Gasteiger partial charge in [-0.15, -0.1) is 0 Å². The maximum Gasteiger partial charge on any atom is 0.273 e. The van der Waals surface area contributed by atoms with Crippen molar-refractivity contribution in [2.24, 2.45) is 0 Å². The fourth-order valence-corrected chi connectivity index (χ4v) is 8.71. The van der Waals surface area contributed by atoms with E-state index in [1.54, 1.807) is 0 Å². The van der Waals surface area contributed by atoms with Gasteiger partial charge in [-0.3, -0.25) is 0 Å². The number of anilines is 6. The number of rotatable bonds is 5. The van der Waals surface area contributed by atoms with E-state index in [2.05, 4.69) is 223 Å². The third kappa shape index (κ3) is 4.98. The van der Waals surface area contributed by atoms with Gasteiger partial charge in [0.05, 0.1) is 11.4 Å². The first-order chi connectivity index (χ1) is 26.5. The molecule has 0 atom stereocenters. The lowest BCUT2D eigenvalue weighted by Crippen LogP contribution is -2.63. The van der Waals surface area contributed by atoms with E-state index in [0.29, 0.717) is 0 Å². The number of benzene rings is 7. The summed E-state index contributed by atoms with van der Waals surface area (Å²) in [4.78, 5) is 5.07. The van der Waals surface area contributed by atoms with Gasteiger partial charge in [0.1, 0.15) is 0 Å². The molecule has 10 rings (SSSR count). The zero-order chi connectivity index (χ0) is 36.4. The Labute approximate surface area is 318 Å². The first-order valence-electron chi connectivity index (χ1n) is 18.9. The van der Waals surface area contributed by atoms with E-state index in [-0.39, 0.29) is 12.1 Å². The van der Waals surface area contributed by atoms with Gasteiger partial charge in [0, 0.05) is 45.3 Å². The first kappa shape index (κ1) is 32.2. The molecule has 0 bridgehead atoms. The lowest BCUT2D eigenvalue weighted by atomic mass is 9.34. The number of nitrogens with zero attached hydrogens (tertiary/aromatic N) is 3. The van der Waals surface area contributed by atoms with Gasteiger partial charge < -0.3 is 14.4 Å². The van der Waals surface area contributed by atoms with Crippen molar-refractivity contribution in [2.45, 2.75) is 26.2 Å². The highest BCUT2D eigenvalue weighted by atomic mass is 15.2. The van der Waals surface area contributed by atoms with Crippen molar-refractivity contribution in [2.75, 3.05) is 9.80 Å². The zero-order valence-electron chi connectivity index (χ0n) is 30.8. The molecule has 54 heavy (non-hydrogen) atoms. The van der Waals surface area contributed by atoms with Crippen LogP contribution in [0.15, 0.2) is 188 Å². The van der Waals surface area contributed by atoms with E-state index < -0.39 is 0 Å². The summed E-state index contributed by atoms with van der Waals surface area (Å²) in [7, 11) is 0. The Hall–Kier alpha value is -6.52. The Morgan fingerprint density at radius 3 is 1.48 bits per heavy atom. The van der Waals surface area contributed by atoms with E-state index in [1.165, 1.54) is 67.2 Å². The fraction of sp³-hybridized carbons (Fsp3) is 0.0800. The lowest BCUT2D eigenvalue weighted by Gasteiger charge is -2.44. The Kier molecular flexibility index (Phi) is 7.48. The third-order valence-corrected chi connectivity index (χ3v) is 11.1. The summed E-state index contributed by atoms with van der Waals surface area (Å²) < 4.78 is 2.58. The summed E-state index contributed by atoms with van der Waals surface area (Å²) in [6, 6.07) is 68.8. The molecule has 3 heterocycles. The number of hydrogen-bond donors (Lipinski definition) is 0. The number of aromatic nitrogens is 1. The van der Waals surface area contributed by atoms with E-state index >= 15 is 0 Å². The van der Waals surface area contributed by atoms with Crippen LogP contribution >= 0.6 is 0 Å². The van der Waals surface area contributed by atoms with Crippen LogP contribution in [0, 0.1) is 0 Å². The number of para-hydroxylation sites is 4. The topological polar surface area (TPSA) is 11.4 Å². The highest BCUT2D eigenvalue weighted by Gasteiger charge is 2.48. The summed E-state index contributed by atoms with van der Waals surface area (Å²) in [5, 5.41) is 0. The molecule has 8 aromatic rings. The van der Waals surface area contributed by atoms with Gasteiger partial charge in [-0.25, -0.2) is 0 Å². The van der Waals surface area contributed by atoms with E-state index in [0.717, 1.165) is 17.1 Å². The predicted molar refractivity (Wildman–Crippen MR) is 229 cm³/mol. The molecule has 0 spiro atoms. The Bertz CT molecular complexity index is 2630. The lowest BCUT2D eigenvalue weighted by molar-refractivity contribution is 0.590. The van der Waals surface area contributed by atoms with Crippen LogP contribution in [0.3, 0.4) is 0 Å². The molecule has 0 amide bonds. The number of fused-ring (bicyclic) bond motifs is 4. The second kappa shape index (κ2) is 12.6. The van der Waals surface area contributed by atoms with Crippen molar-refractivity contribution >= 4 is 57.4 Å². The molecule has 4 heteroatoms. The maximum atomic E-state index is 2.58. The van der Waals surface area contributed by atoms with Crippen LogP contribution < -0.4 is 26.3 Å². The van der Waals surface area contributed by atoms with Gasteiger partial charge >= 0.3 is 0 Å². The van der Waals surface area contributed by atoms with Gasteiger partial charge in [-0.1, -0.05) is 154 Å². The molecule has 0 fully saturated rings. The average Bonchev–Trinajstić information content (AvgIpc) is 3.57. The van der Waals surface area contributed by atoms with Gasteiger partial charge in [0.2, 0.25) is 0 Å². The van der Waals surface area contributed by atoms with Gasteiger partial charge in [0.15, 0.2) is 0 Å². The van der Waals surface area contributed by atoms with Crippen LogP contribution in [-0.4, -0.2) is 11.3 Å². The fourth-order valence-electron chi connectivity index (χ4n) is 8.71. The third-order valence-electron chi connectivity index (χ3n) is 11.1. The molecule has 258 valence electrons. The Balaban J connectivity index is 1.45. The van der Waals surface area contributed by atoms with Crippen LogP contribution in [0.2, 0.25) is 0 Å². The van der Waals surface area contributed by atoms with Crippen LogP contribution in [0.4, 0.5) is 34.1 Å². The van der Waals surface area contributed by atoms with Crippen molar-refractivity contribution in [3.8, 4) is 28.1 Å². The summed E-state index contributed by atoms with van der Waals surface area (Å²) in [6.45, 7) is 6.94. The maximum absolute atomic E-state index is 2.58. The Morgan fingerprint density at radius 2 is 0.907 bits per heavy atom. The van der Waals surface area contributed by atoms with Gasteiger partial charge in [-0.2, -0.15) is 0 Å². The predicted octanol–water partition coefficient (Wildman–Crippen LogP) is 11.2. The quantitative estimate of drug-likeness (QED) is 0.166. The molecule has 1 aromatic heterocycles. The minimum absolute atomic E-state index is 0.0599. The van der Waals surface area contributed by atoms with Crippen molar-refractivity contribution < 1.29 is 0 Å². The van der Waals surface area contributed by atoms with E-state index in [1.807, 2.05) is 0 Å². The van der Waals surface area contributed by atoms with Crippen molar-refractivity contribution in [1.82, 2.24) is 4.57 Å². The molecule has 7 aromatic carbocycles. The van der Waals surface area contributed by atoms with Crippen molar-refractivity contribution in [3.05, 3.63) is 194 Å². The SMILES string of the molecule is CC(C)(C)c1cc2c3c(c1)N(c1ccccc1)c1c(-c4ccccc4)c(-c4ccccc4)n(-c4ccccc4)c1B3c1ccccc1N2c1ccccc1. The smallest absolute Gasteiger partial charge is 0.273 e. The summed E-state index contributed by atoms with van der Waals surface area (Å²) in [5.74, 6) is 0. The molecule has 0 radical (unpaired) electrons. The van der Waals surface area contributed by atoms with Crippen LogP contribution in [0.25, 0.3) is 28.1 Å². The molecular formula is C50H40BN3. The molecule has 0 aliphatic carbocycles. The van der Waals surface area contributed by atoms with Crippen molar-refractivity contribution in [1.29, 1.82) is 0 Å². The molecule has 2 aliphatic rings. The molecule has 3 nitrogen and oxygen atoms in total. The standard InChI is InChI=1S/C50H40BN3/c1-50(2,3)37-33-43-46-44(34-37)53(39-27-15-7-16-28-39)48-45(35-21-9-4-10-22-35)47(36-23-11-5-12-24-36)54(40-29-17-8-18-30-40)49(48)51(46)41-31-19-20-32-42(41)52(43)38-25-13-6-14-26-38/h4-34H,1-3H3. The van der Waals surface area contributed by atoms with Crippen LogP contribution in [-0.2, 0) is 5.41 Å². The normalized spacial score (nSPS) is 13.0. The van der Waals surface area contributed by atoms with E-state index in [4.69, 9.17) is 0 Å². The van der Waals surface area contributed by atoms with Crippen molar-refractivity contribution in [3.63, 3.8) is 0 Å². The largest absolute Gasteiger partial charge is 0.319 e. The molecule has 0 saturated carbocycles. The zero-order valence-corrected chi connectivity index (χ0v) is 30.8.